The zero-order valence-electron chi connectivity index (χ0n) is 20.3. The van der Waals surface area contributed by atoms with Crippen molar-refractivity contribution in [3.63, 3.8) is 0 Å². The van der Waals surface area contributed by atoms with Crippen LogP contribution in [0.4, 0.5) is 11.4 Å². The number of rotatable bonds is 11. The number of benzene rings is 3. The van der Waals surface area contributed by atoms with Gasteiger partial charge in [-0.25, -0.2) is 13.2 Å². The molecule has 0 aliphatic carbocycles. The summed E-state index contributed by atoms with van der Waals surface area (Å²) in [5.74, 6) is -0.502. The van der Waals surface area contributed by atoms with Crippen molar-refractivity contribution in [1.82, 2.24) is 0 Å². The van der Waals surface area contributed by atoms with Crippen molar-refractivity contribution in [1.29, 1.82) is 0 Å². The number of sulfonamides is 1. The van der Waals surface area contributed by atoms with Crippen molar-refractivity contribution in [3.8, 4) is 5.75 Å². The molecule has 0 radical (unpaired) electrons. The van der Waals surface area contributed by atoms with Gasteiger partial charge in [0.05, 0.1) is 29.4 Å². The Morgan fingerprint density at radius 1 is 0.944 bits per heavy atom. The van der Waals surface area contributed by atoms with Crippen LogP contribution in [-0.4, -0.2) is 46.3 Å². The molecule has 0 aliphatic heterocycles. The first-order valence-corrected chi connectivity index (χ1v) is 13.9. The number of amides is 1. The maximum Gasteiger partial charge on any atom is 0.338 e. The van der Waals surface area contributed by atoms with Gasteiger partial charge in [0.1, 0.15) is 12.3 Å². The quantitative estimate of drug-likeness (QED) is 0.281. The molecule has 190 valence electrons. The van der Waals surface area contributed by atoms with Crippen LogP contribution >= 0.6 is 11.8 Å². The van der Waals surface area contributed by atoms with Crippen LogP contribution in [-0.2, 0) is 19.6 Å². The van der Waals surface area contributed by atoms with Crippen LogP contribution in [0.3, 0.4) is 0 Å². The van der Waals surface area contributed by atoms with E-state index in [4.69, 9.17) is 9.47 Å². The van der Waals surface area contributed by atoms with E-state index in [1.54, 1.807) is 61.5 Å². The molecule has 0 spiro atoms. The van der Waals surface area contributed by atoms with Gasteiger partial charge in [-0.1, -0.05) is 6.07 Å². The number of thioether (sulfide) groups is 1. The third kappa shape index (κ3) is 6.79. The number of carbonyl (C=O) groups excluding carboxylic acids is 2. The second-order valence-electron chi connectivity index (χ2n) is 7.46. The number of ether oxygens (including phenoxy) is 2. The molecule has 0 aromatic heterocycles. The fourth-order valence-electron chi connectivity index (χ4n) is 3.33. The molecular weight excluding hydrogens is 500 g/mol. The molecule has 0 bridgehead atoms. The van der Waals surface area contributed by atoms with E-state index in [9.17, 15) is 18.0 Å². The zero-order valence-corrected chi connectivity index (χ0v) is 21.9. The van der Waals surface area contributed by atoms with Crippen LogP contribution in [0.2, 0.25) is 0 Å². The molecule has 0 heterocycles. The lowest BCUT2D eigenvalue weighted by atomic mass is 10.2. The summed E-state index contributed by atoms with van der Waals surface area (Å²) in [6.07, 6.45) is 1.90. The maximum absolute atomic E-state index is 13.6. The second-order valence-corrected chi connectivity index (χ2v) is 10.2. The Hall–Kier alpha value is -3.50. The highest BCUT2D eigenvalue weighted by Gasteiger charge is 2.27. The zero-order chi connectivity index (χ0) is 26.1. The number of carbonyl (C=O) groups is 2. The summed E-state index contributed by atoms with van der Waals surface area (Å²) in [5, 5.41) is 2.67. The van der Waals surface area contributed by atoms with E-state index in [0.29, 0.717) is 23.7 Å². The fraction of sp³-hybridized carbons (Fsp3) is 0.231. The topological polar surface area (TPSA) is 102 Å². The summed E-state index contributed by atoms with van der Waals surface area (Å²) in [4.78, 5) is 26.0. The summed E-state index contributed by atoms with van der Waals surface area (Å²) >= 11 is 1.50. The molecule has 0 saturated heterocycles. The van der Waals surface area contributed by atoms with Crippen LogP contribution in [0.25, 0.3) is 0 Å². The summed E-state index contributed by atoms with van der Waals surface area (Å²) in [6.45, 7) is 3.77. The van der Waals surface area contributed by atoms with Crippen LogP contribution in [0.1, 0.15) is 24.2 Å². The Bertz CT molecular complexity index is 1290. The molecule has 36 heavy (non-hydrogen) atoms. The van der Waals surface area contributed by atoms with Gasteiger partial charge in [0.25, 0.3) is 10.0 Å². The highest BCUT2D eigenvalue weighted by Crippen LogP contribution is 2.27. The predicted octanol–water partition coefficient (Wildman–Crippen LogP) is 4.82. The van der Waals surface area contributed by atoms with Gasteiger partial charge in [0.15, 0.2) is 0 Å². The Labute approximate surface area is 215 Å². The van der Waals surface area contributed by atoms with Gasteiger partial charge in [-0.2, -0.15) is 0 Å². The third-order valence-corrected chi connectivity index (χ3v) is 7.56. The number of hydrogen-bond donors (Lipinski definition) is 1. The minimum Gasteiger partial charge on any atom is -0.494 e. The lowest BCUT2D eigenvalue weighted by molar-refractivity contribution is -0.114. The Kier molecular flexibility index (Phi) is 9.38. The van der Waals surface area contributed by atoms with Crippen LogP contribution in [0.15, 0.2) is 82.6 Å². The Morgan fingerprint density at radius 3 is 2.25 bits per heavy atom. The number of esters is 1. The molecule has 0 aliphatic rings. The van der Waals surface area contributed by atoms with Crippen LogP contribution < -0.4 is 14.4 Å². The fourth-order valence-corrected chi connectivity index (χ4v) is 5.16. The number of nitrogens with zero attached hydrogens (tertiary/aromatic N) is 1. The SMILES string of the molecule is CCOC(=O)c1cccc(NC(=O)CN(c2ccc(OCC)cc2)S(=O)(=O)c2ccc(SC)cc2)c1. The normalized spacial score (nSPS) is 11.0. The summed E-state index contributed by atoms with van der Waals surface area (Å²) in [6, 6.07) is 19.2. The molecule has 8 nitrogen and oxygen atoms in total. The van der Waals surface area contributed by atoms with E-state index in [2.05, 4.69) is 5.32 Å². The molecular formula is C26H28N2O6S2. The molecule has 0 atom stereocenters. The highest BCUT2D eigenvalue weighted by molar-refractivity contribution is 7.98. The first kappa shape index (κ1) is 27.1. The lowest BCUT2D eigenvalue weighted by Crippen LogP contribution is -2.38. The molecule has 0 unspecified atom stereocenters. The van der Waals surface area contributed by atoms with Gasteiger partial charge < -0.3 is 14.8 Å². The van der Waals surface area contributed by atoms with Gasteiger partial charge in [-0.05, 0) is 86.8 Å². The van der Waals surface area contributed by atoms with Crippen molar-refractivity contribution >= 4 is 45.0 Å². The molecule has 3 aromatic carbocycles. The molecule has 1 N–H and O–H groups in total. The van der Waals surface area contributed by atoms with Crippen LogP contribution in [0.5, 0.6) is 5.75 Å². The predicted molar refractivity (Wildman–Crippen MR) is 141 cm³/mol. The van der Waals surface area contributed by atoms with E-state index in [0.717, 1.165) is 9.20 Å². The number of nitrogens with one attached hydrogen (secondary N) is 1. The minimum atomic E-state index is -4.07. The van der Waals surface area contributed by atoms with Crippen molar-refractivity contribution in [2.45, 2.75) is 23.6 Å². The highest BCUT2D eigenvalue weighted by atomic mass is 32.2. The third-order valence-electron chi connectivity index (χ3n) is 5.03. The summed E-state index contributed by atoms with van der Waals surface area (Å²) < 4.78 is 38.7. The average Bonchev–Trinajstić information content (AvgIpc) is 2.88. The minimum absolute atomic E-state index is 0.0614. The van der Waals surface area contributed by atoms with Gasteiger partial charge in [-0.15, -0.1) is 11.8 Å². The van der Waals surface area contributed by atoms with Crippen LogP contribution in [0, 0.1) is 0 Å². The summed E-state index contributed by atoms with van der Waals surface area (Å²) in [5.41, 5.74) is 0.932. The van der Waals surface area contributed by atoms with Crippen molar-refractivity contribution in [3.05, 3.63) is 78.4 Å². The first-order chi connectivity index (χ1) is 17.3. The van der Waals surface area contributed by atoms with Gasteiger partial charge in [0.2, 0.25) is 5.91 Å². The average molecular weight is 529 g/mol. The van der Waals surface area contributed by atoms with E-state index >= 15 is 0 Å². The number of hydrogen-bond acceptors (Lipinski definition) is 7. The molecule has 0 fully saturated rings. The standard InChI is InChI=1S/C26H28N2O6S2/c1-4-33-22-11-9-21(10-12-22)28(36(31,32)24-15-13-23(35-3)14-16-24)18-25(29)27-20-8-6-7-19(17-20)26(30)34-5-2/h6-17H,4-5,18H2,1-3H3,(H,27,29). The van der Waals surface area contributed by atoms with Gasteiger partial charge >= 0.3 is 5.97 Å². The van der Waals surface area contributed by atoms with E-state index < -0.39 is 28.4 Å². The first-order valence-electron chi connectivity index (χ1n) is 11.2. The largest absolute Gasteiger partial charge is 0.494 e. The molecule has 3 aromatic rings. The molecule has 3 rings (SSSR count). The lowest BCUT2D eigenvalue weighted by Gasteiger charge is -2.24. The number of anilines is 2. The Balaban J connectivity index is 1.90. The van der Waals surface area contributed by atoms with E-state index in [1.165, 1.54) is 30.0 Å². The van der Waals surface area contributed by atoms with Crippen molar-refractivity contribution in [2.24, 2.45) is 0 Å². The van der Waals surface area contributed by atoms with Gasteiger partial charge in [-0.3, -0.25) is 9.10 Å². The molecule has 10 heteroatoms. The summed E-state index contributed by atoms with van der Waals surface area (Å²) in [7, 11) is -4.07. The Morgan fingerprint density at radius 2 is 1.64 bits per heavy atom. The van der Waals surface area contributed by atoms with E-state index in [-0.39, 0.29) is 17.1 Å². The smallest absolute Gasteiger partial charge is 0.338 e. The maximum atomic E-state index is 13.6. The van der Waals surface area contributed by atoms with Crippen molar-refractivity contribution < 1.29 is 27.5 Å². The second kappa shape index (κ2) is 12.5. The van der Waals surface area contributed by atoms with E-state index in [1.807, 2.05) is 13.2 Å². The monoisotopic (exact) mass is 528 g/mol. The molecule has 0 saturated carbocycles. The van der Waals surface area contributed by atoms with Crippen molar-refractivity contribution in [2.75, 3.05) is 35.6 Å². The van der Waals surface area contributed by atoms with Gasteiger partial charge in [0, 0.05) is 10.6 Å². The molecule has 1 amide bonds.